The summed E-state index contributed by atoms with van der Waals surface area (Å²) < 4.78 is 0. The summed E-state index contributed by atoms with van der Waals surface area (Å²) in [6, 6.07) is 7.71. The Morgan fingerprint density at radius 2 is 2.00 bits per heavy atom. The fraction of sp³-hybridized carbons (Fsp3) is 0. The molecule has 0 unspecified atom stereocenters. The van der Waals surface area contributed by atoms with Crippen molar-refractivity contribution in [3.8, 4) is 10.7 Å². The summed E-state index contributed by atoms with van der Waals surface area (Å²) in [6.45, 7) is 0. The lowest BCUT2D eigenvalue weighted by Gasteiger charge is -2.02. The second-order valence-electron chi connectivity index (χ2n) is 3.32. The molecule has 0 amide bonds. The Bertz CT molecular complexity index is 634. The van der Waals surface area contributed by atoms with Crippen LogP contribution in [0.2, 0.25) is 0 Å². The minimum Gasteiger partial charge on any atom is -0.383 e. The summed E-state index contributed by atoms with van der Waals surface area (Å²) in [5.74, 6) is 1.15. The van der Waals surface area contributed by atoms with Crippen LogP contribution in [-0.2, 0) is 0 Å². The Balaban J connectivity index is 2.29. The minimum atomic E-state index is 0.508. The van der Waals surface area contributed by atoms with Gasteiger partial charge in [-0.2, -0.15) is 0 Å². The Hall–Kier alpha value is -2.01. The second kappa shape index (κ2) is 3.53. The molecule has 0 radical (unpaired) electrons. The second-order valence-corrected chi connectivity index (χ2v) is 4.20. The minimum absolute atomic E-state index is 0.508. The third kappa shape index (κ3) is 1.42. The summed E-state index contributed by atoms with van der Waals surface area (Å²) in [4.78, 5) is 13.7. The summed E-state index contributed by atoms with van der Waals surface area (Å²) in [5, 5.41) is 0.885. The number of benzene rings is 1. The van der Waals surface area contributed by atoms with Gasteiger partial charge in [0.15, 0.2) is 5.82 Å². The smallest absolute Gasteiger partial charge is 0.173 e. The number of hydrogen-bond acceptors (Lipinski definition) is 5. The van der Waals surface area contributed by atoms with E-state index in [1.54, 1.807) is 11.7 Å². The highest BCUT2D eigenvalue weighted by Crippen LogP contribution is 2.24. The molecular weight excluding hydrogens is 220 g/mol. The summed E-state index contributed by atoms with van der Waals surface area (Å²) in [6.07, 6.45) is 1.74. The maximum atomic E-state index is 5.90. The first-order valence-electron chi connectivity index (χ1n) is 4.76. The summed E-state index contributed by atoms with van der Waals surface area (Å²) in [7, 11) is 0. The van der Waals surface area contributed by atoms with Gasteiger partial charge in [-0.25, -0.2) is 9.97 Å². The van der Waals surface area contributed by atoms with Crippen molar-refractivity contribution in [3.63, 3.8) is 0 Å². The number of para-hydroxylation sites is 1. The number of anilines is 1. The monoisotopic (exact) mass is 228 g/mol. The zero-order chi connectivity index (χ0) is 11.0. The average molecular weight is 228 g/mol. The van der Waals surface area contributed by atoms with Gasteiger partial charge >= 0.3 is 0 Å². The largest absolute Gasteiger partial charge is 0.383 e. The van der Waals surface area contributed by atoms with Gasteiger partial charge in [-0.15, -0.1) is 11.3 Å². The van der Waals surface area contributed by atoms with E-state index in [2.05, 4.69) is 15.0 Å². The van der Waals surface area contributed by atoms with Gasteiger partial charge in [0.25, 0.3) is 0 Å². The molecule has 5 heteroatoms. The number of nitrogens with zero attached hydrogens (tertiary/aromatic N) is 3. The van der Waals surface area contributed by atoms with Crippen molar-refractivity contribution < 1.29 is 0 Å². The van der Waals surface area contributed by atoms with Crippen LogP contribution in [0.4, 0.5) is 5.82 Å². The third-order valence-electron chi connectivity index (χ3n) is 2.29. The number of thiazole rings is 1. The van der Waals surface area contributed by atoms with Gasteiger partial charge in [-0.3, -0.25) is 4.98 Å². The molecule has 0 saturated heterocycles. The van der Waals surface area contributed by atoms with Crippen LogP contribution in [0.3, 0.4) is 0 Å². The van der Waals surface area contributed by atoms with Crippen molar-refractivity contribution in [2.75, 3.05) is 5.73 Å². The predicted molar refractivity (Wildman–Crippen MR) is 65.1 cm³/mol. The first-order chi connectivity index (χ1) is 7.84. The van der Waals surface area contributed by atoms with Crippen LogP contribution in [0.25, 0.3) is 21.6 Å². The molecule has 0 bridgehead atoms. The average Bonchev–Trinajstić information content (AvgIpc) is 2.82. The van der Waals surface area contributed by atoms with Crippen molar-refractivity contribution in [2.45, 2.75) is 0 Å². The Labute approximate surface area is 95.8 Å². The Morgan fingerprint density at radius 1 is 1.12 bits per heavy atom. The molecule has 2 aromatic heterocycles. The molecule has 78 valence electrons. The highest BCUT2D eigenvalue weighted by Gasteiger charge is 2.07. The molecule has 3 aromatic rings. The van der Waals surface area contributed by atoms with E-state index >= 15 is 0 Å². The van der Waals surface area contributed by atoms with Crippen LogP contribution in [0, 0.1) is 0 Å². The van der Waals surface area contributed by atoms with E-state index in [1.165, 1.54) is 11.3 Å². The molecule has 2 heterocycles. The van der Waals surface area contributed by atoms with Crippen molar-refractivity contribution in [1.82, 2.24) is 15.0 Å². The van der Waals surface area contributed by atoms with Crippen molar-refractivity contribution in [2.24, 2.45) is 0 Å². The molecule has 0 aliphatic heterocycles. The van der Waals surface area contributed by atoms with Gasteiger partial charge < -0.3 is 5.73 Å². The molecular formula is C11H8N4S. The molecule has 0 aliphatic rings. The van der Waals surface area contributed by atoms with E-state index in [1.807, 2.05) is 24.3 Å². The first kappa shape index (κ1) is 9.23. The lowest BCUT2D eigenvalue weighted by Crippen LogP contribution is -1.96. The highest BCUT2D eigenvalue weighted by molar-refractivity contribution is 7.13. The topological polar surface area (TPSA) is 64.7 Å². The quantitative estimate of drug-likeness (QED) is 0.694. The van der Waals surface area contributed by atoms with Crippen LogP contribution in [0.5, 0.6) is 0 Å². The number of hydrogen-bond donors (Lipinski definition) is 1. The van der Waals surface area contributed by atoms with Crippen LogP contribution >= 0.6 is 11.3 Å². The van der Waals surface area contributed by atoms with E-state index in [0.717, 1.165) is 15.8 Å². The summed E-state index contributed by atoms with van der Waals surface area (Å²) >= 11 is 1.50. The van der Waals surface area contributed by atoms with Crippen molar-refractivity contribution in [3.05, 3.63) is 36.0 Å². The predicted octanol–water partition coefficient (Wildman–Crippen LogP) is 2.34. The zero-order valence-corrected chi connectivity index (χ0v) is 9.11. The maximum absolute atomic E-state index is 5.90. The number of nitrogen functional groups attached to an aromatic ring is 1. The van der Waals surface area contributed by atoms with Crippen molar-refractivity contribution >= 4 is 28.1 Å². The van der Waals surface area contributed by atoms with Crippen LogP contribution in [-0.4, -0.2) is 15.0 Å². The lowest BCUT2D eigenvalue weighted by molar-refractivity contribution is 1.24. The lowest BCUT2D eigenvalue weighted by atomic mass is 10.2. The molecule has 2 N–H and O–H groups in total. The third-order valence-corrected chi connectivity index (χ3v) is 3.05. The SMILES string of the molecule is Nc1nc(-c2cncs2)nc2ccccc12. The van der Waals surface area contributed by atoms with E-state index in [-0.39, 0.29) is 0 Å². The van der Waals surface area contributed by atoms with Gasteiger partial charge in [0, 0.05) is 11.6 Å². The molecule has 1 aromatic carbocycles. The van der Waals surface area contributed by atoms with Gasteiger partial charge in [0.2, 0.25) is 0 Å². The molecule has 0 fully saturated rings. The molecule has 0 aliphatic carbocycles. The van der Waals surface area contributed by atoms with Gasteiger partial charge in [-0.05, 0) is 12.1 Å². The number of fused-ring (bicyclic) bond motifs is 1. The molecule has 3 rings (SSSR count). The Morgan fingerprint density at radius 3 is 2.81 bits per heavy atom. The molecule has 16 heavy (non-hydrogen) atoms. The molecule has 0 spiro atoms. The zero-order valence-electron chi connectivity index (χ0n) is 8.29. The number of nitrogens with two attached hydrogens (primary N) is 1. The fourth-order valence-corrected chi connectivity index (χ4v) is 2.09. The fourth-order valence-electron chi connectivity index (χ4n) is 1.54. The number of rotatable bonds is 1. The molecule has 4 nitrogen and oxygen atoms in total. The van der Waals surface area contributed by atoms with Crippen LogP contribution < -0.4 is 5.73 Å². The van der Waals surface area contributed by atoms with Crippen molar-refractivity contribution in [1.29, 1.82) is 0 Å². The highest BCUT2D eigenvalue weighted by atomic mass is 32.1. The normalized spacial score (nSPS) is 10.8. The van der Waals surface area contributed by atoms with Gasteiger partial charge in [-0.1, -0.05) is 12.1 Å². The van der Waals surface area contributed by atoms with E-state index < -0.39 is 0 Å². The van der Waals surface area contributed by atoms with Gasteiger partial charge in [0.1, 0.15) is 5.82 Å². The first-order valence-corrected chi connectivity index (χ1v) is 5.64. The molecule has 0 atom stereocenters. The van der Waals surface area contributed by atoms with E-state index in [4.69, 9.17) is 5.73 Å². The number of aromatic nitrogens is 3. The van der Waals surface area contributed by atoms with Crippen LogP contribution in [0.15, 0.2) is 36.0 Å². The maximum Gasteiger partial charge on any atom is 0.173 e. The van der Waals surface area contributed by atoms with Gasteiger partial charge in [0.05, 0.1) is 15.9 Å². The van der Waals surface area contributed by atoms with E-state index in [9.17, 15) is 0 Å². The van der Waals surface area contributed by atoms with E-state index in [0.29, 0.717) is 11.6 Å². The molecule has 0 saturated carbocycles. The standard InChI is InChI=1S/C11H8N4S/c12-10-7-3-1-2-4-8(7)14-11(15-10)9-5-13-6-16-9/h1-6H,(H2,12,14,15). The van der Waals surface area contributed by atoms with Crippen LogP contribution in [0.1, 0.15) is 0 Å². The summed E-state index contributed by atoms with van der Waals surface area (Å²) in [5.41, 5.74) is 8.51. The Kier molecular flexibility index (Phi) is 2.04.